The van der Waals surface area contributed by atoms with Gasteiger partial charge in [-0.1, -0.05) is 74.2 Å². The molecule has 1 saturated heterocycles. The van der Waals surface area contributed by atoms with E-state index < -0.39 is 79.0 Å². The van der Waals surface area contributed by atoms with Gasteiger partial charge in [-0.3, -0.25) is 48.3 Å². The molecule has 1 aromatic heterocycles. The topological polar surface area (TPSA) is 331 Å². The summed E-state index contributed by atoms with van der Waals surface area (Å²) in [7, 11) is 2.94. The summed E-state index contributed by atoms with van der Waals surface area (Å²) >= 11 is 0. The molecule has 1 saturated carbocycles. The Kier molecular flexibility index (Phi) is 21.0. The molecular weight excluding hydrogens is 1340 g/mol. The second-order valence-corrected chi connectivity index (χ2v) is 27.2. The summed E-state index contributed by atoms with van der Waals surface area (Å²) in [6, 6.07) is 30.5. The third-order valence-corrected chi connectivity index (χ3v) is 19.7. The number of hydrogen-bond donors (Lipinski definition) is 7. The highest BCUT2D eigenvalue weighted by Crippen LogP contribution is 2.57. The van der Waals surface area contributed by atoms with Crippen molar-refractivity contribution in [2.45, 2.75) is 109 Å². The number of amides is 9. The number of aliphatic hydroxyl groups is 1. The summed E-state index contributed by atoms with van der Waals surface area (Å²) in [5.74, 6) is 2.98. The Morgan fingerprint density at radius 1 is 0.705 bits per heavy atom. The first-order valence-corrected chi connectivity index (χ1v) is 34.9. The lowest BCUT2D eigenvalue weighted by Gasteiger charge is -2.31. The van der Waals surface area contributed by atoms with Crippen LogP contribution in [0.3, 0.4) is 0 Å². The van der Waals surface area contributed by atoms with Crippen LogP contribution in [0.2, 0.25) is 0 Å². The van der Waals surface area contributed by atoms with E-state index in [0.29, 0.717) is 77.6 Å². The molecule has 27 nitrogen and oxygen atoms in total. The molecular formula is C78H80N12O15. The Bertz CT molecular complexity index is 4700. The Hall–Kier alpha value is -12.1. The number of hydrogen-bond acceptors (Lipinski definition) is 18. The Balaban J connectivity index is 0.573. The zero-order valence-corrected chi connectivity index (χ0v) is 58.6. The number of ether oxygens (including phenoxy) is 5. The fourth-order valence-electron chi connectivity index (χ4n) is 13.7. The van der Waals surface area contributed by atoms with Gasteiger partial charge in [0.1, 0.15) is 18.7 Å². The lowest BCUT2D eigenvalue weighted by molar-refractivity contribution is -0.132. The largest absolute Gasteiger partial charge is 0.493 e. The van der Waals surface area contributed by atoms with Crippen molar-refractivity contribution in [3.63, 3.8) is 0 Å². The van der Waals surface area contributed by atoms with E-state index in [-0.39, 0.29) is 91.1 Å². The Labute approximate surface area is 605 Å². The number of rotatable bonds is 24. The summed E-state index contributed by atoms with van der Waals surface area (Å²) < 4.78 is 30.0. The summed E-state index contributed by atoms with van der Waals surface area (Å²) in [6.45, 7) is 4.99. The Morgan fingerprint density at radius 2 is 1.39 bits per heavy atom. The van der Waals surface area contributed by atoms with E-state index in [2.05, 4.69) is 53.7 Å². The number of nitrogens with one attached hydrogen (secondary N) is 6. The second-order valence-electron chi connectivity index (χ2n) is 27.2. The lowest BCUT2D eigenvalue weighted by atomic mass is 10.0. The first-order chi connectivity index (χ1) is 50.7. The predicted octanol–water partition coefficient (Wildman–Crippen LogP) is 7.19. The van der Waals surface area contributed by atoms with Crippen molar-refractivity contribution in [3.8, 4) is 34.8 Å². The van der Waals surface area contributed by atoms with Crippen molar-refractivity contribution >= 4 is 92.7 Å². The maximum absolute atomic E-state index is 14.5. The molecule has 1 aliphatic carbocycles. The van der Waals surface area contributed by atoms with Gasteiger partial charge in [-0.15, -0.1) is 0 Å². The quantitative estimate of drug-likeness (QED) is 0.0232. The first kappa shape index (κ1) is 71.3. The highest BCUT2D eigenvalue weighted by Gasteiger charge is 2.58. The highest BCUT2D eigenvalue weighted by atomic mass is 16.6. The average Bonchev–Trinajstić information content (AvgIpc) is 1.56. The molecule has 27 heteroatoms. The van der Waals surface area contributed by atoms with E-state index in [0.717, 1.165) is 51.0 Å². The molecule has 542 valence electrons. The number of aromatic nitrogens is 2. The Morgan fingerprint density at radius 3 is 2.13 bits per heavy atom. The van der Waals surface area contributed by atoms with Crippen LogP contribution in [-0.2, 0) is 46.7 Å². The van der Waals surface area contributed by atoms with Crippen molar-refractivity contribution in [2.75, 3.05) is 74.0 Å². The summed E-state index contributed by atoms with van der Waals surface area (Å²) in [5, 5.41) is 28.6. The molecule has 0 bridgehead atoms. The van der Waals surface area contributed by atoms with E-state index in [9.17, 15) is 48.3 Å². The molecule has 1 spiro atoms. The molecule has 13 rings (SSSR count). The zero-order chi connectivity index (χ0) is 73.6. The number of anilines is 4. The molecule has 5 aliphatic heterocycles. The van der Waals surface area contributed by atoms with Gasteiger partial charge in [0.25, 0.3) is 11.8 Å². The fraction of sp³-hybridized carbons (Fsp3) is 0.346. The molecule has 0 radical (unpaired) electrons. The molecule has 6 heterocycles. The highest BCUT2D eigenvalue weighted by molar-refractivity contribution is 6.07. The van der Waals surface area contributed by atoms with Crippen LogP contribution in [0.4, 0.5) is 27.5 Å². The van der Waals surface area contributed by atoms with Crippen LogP contribution in [0.15, 0.2) is 134 Å². The number of carbonyl (C=O) groups is 9. The normalized spacial score (nSPS) is 17.6. The monoisotopic (exact) mass is 1420 g/mol. The number of fused-ring (bicyclic) bond motifs is 7. The van der Waals surface area contributed by atoms with Crippen molar-refractivity contribution in [2.24, 2.45) is 11.3 Å². The molecule has 105 heavy (non-hydrogen) atoms. The standard InChI is InChI=1S/C78H80N12O15/c1-45(2)71(86-69(93)40-83-68(92)39-82-67(91)23-24-70(94)88-41-51-13-7-6-11-48(51)17-18-49-12-8-9-14-60(49)88)73(96)84-46(3)72(95)85-53-20-15-47(16-21-53)43-105-77(100)90-61-36-66(64(102-5)34-56(61)75(98)89-44-78(25-26-78)37-62(89)76(90)99)104-30-10-29-103-65-35-58-55(33-63(65)101-4)74(97)87-42-52(31-54(87)38-81-58)50-19-22-57-59(32-50)80-28-27-79-57/h6-9,11-16,19-22,27-28,32-36,42,45-46,54,62,71,76,81,99H,10,23-26,29-31,37-41,43-44H2,1-5H3,(H,82,91)(H,83,92)(H,84,96)(H,85,95)(H,86,93)/t46-,54-,62-,71-,76?/m0/s1. The van der Waals surface area contributed by atoms with E-state index in [1.807, 2.05) is 66.9 Å². The second kappa shape index (κ2) is 30.9. The number of nitrogens with zero attached hydrogens (tertiary/aromatic N) is 6. The van der Waals surface area contributed by atoms with Crippen molar-refractivity contribution in [1.82, 2.24) is 41.0 Å². The van der Waals surface area contributed by atoms with Crippen molar-refractivity contribution in [1.29, 1.82) is 0 Å². The maximum atomic E-state index is 14.5. The van der Waals surface area contributed by atoms with Gasteiger partial charge in [0, 0.05) is 79.9 Å². The van der Waals surface area contributed by atoms with Crippen molar-refractivity contribution in [3.05, 3.63) is 173 Å². The van der Waals surface area contributed by atoms with Gasteiger partial charge in [0.05, 0.1) is 98.4 Å². The van der Waals surface area contributed by atoms with E-state index in [1.165, 1.54) is 33.3 Å². The van der Waals surface area contributed by atoms with Crippen molar-refractivity contribution < 1.29 is 71.9 Å². The molecule has 2 fully saturated rings. The smallest absolute Gasteiger partial charge is 0.416 e. The van der Waals surface area contributed by atoms with Gasteiger partial charge in [0.2, 0.25) is 35.4 Å². The first-order valence-electron chi connectivity index (χ1n) is 34.9. The summed E-state index contributed by atoms with van der Waals surface area (Å²) in [4.78, 5) is 137. The minimum absolute atomic E-state index is 0.0550. The van der Waals surface area contributed by atoms with Gasteiger partial charge < -0.3 is 75.4 Å². The molecule has 6 aromatic carbocycles. The maximum Gasteiger partial charge on any atom is 0.416 e. The molecule has 1 unspecified atom stereocenters. The molecule has 6 aliphatic rings. The minimum Gasteiger partial charge on any atom is -0.493 e. The van der Waals surface area contributed by atoms with E-state index in [4.69, 9.17) is 23.7 Å². The number of carbonyl (C=O) groups excluding carboxylic acids is 9. The average molecular weight is 1430 g/mol. The molecule has 9 amide bonds. The van der Waals surface area contributed by atoms with Crippen LogP contribution in [-0.4, -0.2) is 162 Å². The number of methoxy groups -OCH3 is 2. The fourth-order valence-corrected chi connectivity index (χ4v) is 13.7. The molecule has 7 aromatic rings. The molecule has 5 atom stereocenters. The SMILES string of the molecule is COc1cc2c(cc1OCCCOc1cc3c(cc1OC)C(=O)N1CC4(CC4)C[C@H]1C(O)N3C(=O)OCc1ccc(NC(=O)[C@H](C)NC(=O)[C@@H](NC(=O)CNC(=O)CNC(=O)CCC(=O)N3Cc4ccccc4C#Cc4ccccc43)C(C)C)cc1)NC[C@@H]1CC(c3ccc4nccnc4c3)=CN1C2=O. The zero-order valence-electron chi connectivity index (χ0n) is 58.6. The number of para-hydroxylation sites is 1. The van der Waals surface area contributed by atoms with Gasteiger partial charge in [-0.05, 0) is 121 Å². The van der Waals surface area contributed by atoms with Crippen LogP contribution < -0.4 is 60.6 Å². The van der Waals surface area contributed by atoms with Crippen LogP contribution in [0.25, 0.3) is 16.6 Å². The predicted molar refractivity (Wildman–Crippen MR) is 387 cm³/mol. The summed E-state index contributed by atoms with van der Waals surface area (Å²) in [6.07, 6.45) is 5.66. The molecule has 7 N–H and O–H groups in total. The van der Waals surface area contributed by atoms with Gasteiger partial charge in [0.15, 0.2) is 29.2 Å². The third-order valence-electron chi connectivity index (χ3n) is 19.7. The van der Waals surface area contributed by atoms with E-state index >= 15 is 0 Å². The van der Waals surface area contributed by atoms with Crippen LogP contribution in [0.5, 0.6) is 23.0 Å². The van der Waals surface area contributed by atoms with Gasteiger partial charge in [-0.25, -0.2) is 9.69 Å². The van der Waals surface area contributed by atoms with Gasteiger partial charge >= 0.3 is 6.09 Å². The van der Waals surface area contributed by atoms with Crippen LogP contribution in [0, 0.1) is 23.2 Å². The third kappa shape index (κ3) is 15.8. The van der Waals surface area contributed by atoms with Crippen LogP contribution >= 0.6 is 0 Å². The number of benzene rings is 6. The van der Waals surface area contributed by atoms with Crippen LogP contribution in [0.1, 0.15) is 114 Å². The van der Waals surface area contributed by atoms with Gasteiger partial charge in [-0.2, -0.15) is 0 Å². The summed E-state index contributed by atoms with van der Waals surface area (Å²) in [5.41, 5.74) is 8.41. The number of aliphatic hydroxyl groups excluding tert-OH is 1. The van der Waals surface area contributed by atoms with E-state index in [1.54, 1.807) is 83.4 Å². The lowest BCUT2D eigenvalue weighted by Crippen LogP contribution is -2.55. The minimum atomic E-state index is -1.50.